The number of nitrogens with one attached hydrogen (secondary N) is 1. The molecule has 0 bridgehead atoms. The van der Waals surface area contributed by atoms with Crippen LogP contribution in [-0.4, -0.2) is 17.8 Å². The predicted octanol–water partition coefficient (Wildman–Crippen LogP) is 2.81. The minimum Gasteiger partial charge on any atom is -0.396 e. The van der Waals surface area contributed by atoms with Crippen LogP contribution in [0.1, 0.15) is 49.7 Å². The van der Waals surface area contributed by atoms with Crippen molar-refractivity contribution in [2.75, 3.05) is 6.61 Å². The molecule has 2 nitrogen and oxygen atoms in total. The van der Waals surface area contributed by atoms with Crippen LogP contribution in [0, 0.1) is 0 Å². The number of aliphatic hydroxyl groups is 1. The molecule has 94 valence electrons. The second-order valence-electron chi connectivity index (χ2n) is 4.97. The van der Waals surface area contributed by atoms with Gasteiger partial charge in [-0.3, -0.25) is 0 Å². The molecule has 0 spiro atoms. The SMILES string of the molecule is CCC(CCO)NCc1ccccc1C1CC1. The lowest BCUT2D eigenvalue weighted by Crippen LogP contribution is -2.29. The van der Waals surface area contributed by atoms with E-state index in [0.29, 0.717) is 6.04 Å². The Labute approximate surface area is 104 Å². The Morgan fingerprint density at radius 2 is 2.12 bits per heavy atom. The van der Waals surface area contributed by atoms with Crippen molar-refractivity contribution in [2.45, 2.75) is 51.1 Å². The third-order valence-electron chi connectivity index (χ3n) is 3.62. The van der Waals surface area contributed by atoms with Crippen LogP contribution >= 0.6 is 0 Å². The Morgan fingerprint density at radius 3 is 2.76 bits per heavy atom. The van der Waals surface area contributed by atoms with Crippen LogP contribution in [0.25, 0.3) is 0 Å². The van der Waals surface area contributed by atoms with Gasteiger partial charge in [0.1, 0.15) is 0 Å². The van der Waals surface area contributed by atoms with Crippen molar-refractivity contribution in [3.8, 4) is 0 Å². The molecule has 1 fully saturated rings. The Hall–Kier alpha value is -0.860. The summed E-state index contributed by atoms with van der Waals surface area (Å²) in [7, 11) is 0. The van der Waals surface area contributed by atoms with Crippen molar-refractivity contribution >= 4 is 0 Å². The summed E-state index contributed by atoms with van der Waals surface area (Å²) in [6, 6.07) is 9.19. The summed E-state index contributed by atoms with van der Waals surface area (Å²) in [4.78, 5) is 0. The van der Waals surface area contributed by atoms with Gasteiger partial charge in [0.2, 0.25) is 0 Å². The molecular formula is C15H23NO. The maximum Gasteiger partial charge on any atom is 0.0445 e. The average molecular weight is 233 g/mol. The summed E-state index contributed by atoms with van der Waals surface area (Å²) in [5.41, 5.74) is 2.96. The fourth-order valence-electron chi connectivity index (χ4n) is 2.35. The maximum absolute atomic E-state index is 8.98. The molecule has 1 atom stereocenters. The van der Waals surface area contributed by atoms with Crippen molar-refractivity contribution in [1.29, 1.82) is 0 Å². The monoisotopic (exact) mass is 233 g/mol. The fraction of sp³-hybridized carbons (Fsp3) is 0.600. The molecule has 1 unspecified atom stereocenters. The van der Waals surface area contributed by atoms with E-state index >= 15 is 0 Å². The quantitative estimate of drug-likeness (QED) is 0.759. The number of benzene rings is 1. The zero-order valence-electron chi connectivity index (χ0n) is 10.7. The molecule has 0 aromatic heterocycles. The summed E-state index contributed by atoms with van der Waals surface area (Å²) < 4.78 is 0. The molecule has 1 saturated carbocycles. The lowest BCUT2D eigenvalue weighted by Gasteiger charge is -2.17. The van der Waals surface area contributed by atoms with Gasteiger partial charge in [0.25, 0.3) is 0 Å². The van der Waals surface area contributed by atoms with Crippen LogP contribution < -0.4 is 5.32 Å². The summed E-state index contributed by atoms with van der Waals surface area (Å²) in [6.07, 6.45) is 4.63. The third-order valence-corrected chi connectivity index (χ3v) is 3.62. The average Bonchev–Trinajstić information content (AvgIpc) is 3.19. The summed E-state index contributed by atoms with van der Waals surface area (Å²) in [5, 5.41) is 12.5. The molecule has 0 heterocycles. The molecule has 0 aliphatic heterocycles. The number of hydrogen-bond donors (Lipinski definition) is 2. The Balaban J connectivity index is 1.93. The molecule has 2 heteroatoms. The minimum atomic E-state index is 0.274. The smallest absolute Gasteiger partial charge is 0.0445 e. The van der Waals surface area contributed by atoms with Gasteiger partial charge in [-0.25, -0.2) is 0 Å². The van der Waals surface area contributed by atoms with Crippen molar-refractivity contribution in [2.24, 2.45) is 0 Å². The Morgan fingerprint density at radius 1 is 1.35 bits per heavy atom. The first-order chi connectivity index (χ1) is 8.35. The molecule has 0 saturated heterocycles. The first-order valence-corrected chi connectivity index (χ1v) is 6.77. The summed E-state index contributed by atoms with van der Waals surface area (Å²) in [6.45, 7) is 3.38. The maximum atomic E-state index is 8.98. The van der Waals surface area contributed by atoms with E-state index in [-0.39, 0.29) is 6.61 Å². The van der Waals surface area contributed by atoms with Crippen LogP contribution in [0.4, 0.5) is 0 Å². The molecule has 1 aromatic carbocycles. The van der Waals surface area contributed by atoms with E-state index in [1.165, 1.54) is 24.0 Å². The first kappa shape index (κ1) is 12.6. The zero-order valence-corrected chi connectivity index (χ0v) is 10.7. The van der Waals surface area contributed by atoms with E-state index in [9.17, 15) is 0 Å². The highest BCUT2D eigenvalue weighted by Crippen LogP contribution is 2.41. The Bertz CT molecular complexity index is 347. The standard InChI is InChI=1S/C15H23NO/c1-2-14(9-10-17)16-11-13-5-3-4-6-15(13)12-7-8-12/h3-6,12,14,16-17H,2,7-11H2,1H3. The molecular weight excluding hydrogens is 210 g/mol. The second kappa shape index (κ2) is 6.18. The van der Waals surface area contributed by atoms with Crippen LogP contribution in [-0.2, 0) is 6.54 Å². The molecule has 2 N–H and O–H groups in total. The molecule has 1 aromatic rings. The Kier molecular flexibility index (Phi) is 4.57. The summed E-state index contributed by atoms with van der Waals surface area (Å²) in [5.74, 6) is 0.811. The van der Waals surface area contributed by atoms with E-state index in [2.05, 4.69) is 36.5 Å². The topological polar surface area (TPSA) is 32.3 Å². The highest BCUT2D eigenvalue weighted by molar-refractivity contribution is 5.33. The highest BCUT2D eigenvalue weighted by Gasteiger charge is 2.25. The van der Waals surface area contributed by atoms with Gasteiger partial charge >= 0.3 is 0 Å². The van der Waals surface area contributed by atoms with Crippen LogP contribution in [0.2, 0.25) is 0 Å². The van der Waals surface area contributed by atoms with Crippen LogP contribution in [0.5, 0.6) is 0 Å². The largest absolute Gasteiger partial charge is 0.396 e. The fourth-order valence-corrected chi connectivity index (χ4v) is 2.35. The van der Waals surface area contributed by atoms with Gasteiger partial charge in [-0.15, -0.1) is 0 Å². The zero-order chi connectivity index (χ0) is 12.1. The van der Waals surface area contributed by atoms with Crippen molar-refractivity contribution in [3.63, 3.8) is 0 Å². The van der Waals surface area contributed by atoms with Crippen molar-refractivity contribution < 1.29 is 5.11 Å². The van der Waals surface area contributed by atoms with E-state index in [1.54, 1.807) is 0 Å². The van der Waals surface area contributed by atoms with Crippen LogP contribution in [0.3, 0.4) is 0 Å². The number of hydrogen-bond acceptors (Lipinski definition) is 2. The van der Waals surface area contributed by atoms with Crippen LogP contribution in [0.15, 0.2) is 24.3 Å². The van der Waals surface area contributed by atoms with E-state index < -0.39 is 0 Å². The van der Waals surface area contributed by atoms with Crippen molar-refractivity contribution in [3.05, 3.63) is 35.4 Å². The highest BCUT2D eigenvalue weighted by atomic mass is 16.3. The van der Waals surface area contributed by atoms with Crippen molar-refractivity contribution in [1.82, 2.24) is 5.32 Å². The second-order valence-corrected chi connectivity index (χ2v) is 4.97. The van der Waals surface area contributed by atoms with E-state index in [4.69, 9.17) is 5.11 Å². The minimum absolute atomic E-state index is 0.274. The third kappa shape index (κ3) is 3.55. The molecule has 1 aliphatic carbocycles. The predicted molar refractivity (Wildman–Crippen MR) is 71.0 cm³/mol. The first-order valence-electron chi connectivity index (χ1n) is 6.77. The van der Waals surface area contributed by atoms with Gasteiger partial charge in [-0.05, 0) is 42.7 Å². The van der Waals surface area contributed by atoms with Gasteiger partial charge in [0.05, 0.1) is 0 Å². The molecule has 0 radical (unpaired) electrons. The molecule has 0 amide bonds. The van der Waals surface area contributed by atoms with Gasteiger partial charge in [0, 0.05) is 19.2 Å². The number of rotatable bonds is 7. The number of aliphatic hydroxyl groups excluding tert-OH is 1. The van der Waals surface area contributed by atoms with Gasteiger partial charge in [0.15, 0.2) is 0 Å². The molecule has 17 heavy (non-hydrogen) atoms. The lowest BCUT2D eigenvalue weighted by atomic mass is 10.0. The normalized spacial score (nSPS) is 17.1. The van der Waals surface area contributed by atoms with E-state index in [0.717, 1.165) is 25.3 Å². The lowest BCUT2D eigenvalue weighted by molar-refractivity contribution is 0.262. The molecule has 2 rings (SSSR count). The molecule has 1 aliphatic rings. The van der Waals surface area contributed by atoms with E-state index in [1.807, 2.05) is 0 Å². The van der Waals surface area contributed by atoms with Gasteiger partial charge in [-0.1, -0.05) is 31.2 Å². The summed E-state index contributed by atoms with van der Waals surface area (Å²) >= 11 is 0. The van der Waals surface area contributed by atoms with Gasteiger partial charge in [-0.2, -0.15) is 0 Å². The van der Waals surface area contributed by atoms with Gasteiger partial charge < -0.3 is 10.4 Å².